The molecule has 0 aromatic heterocycles. The van der Waals surface area contributed by atoms with Crippen LogP contribution in [0.5, 0.6) is 0 Å². The number of hydrogen-bond acceptors (Lipinski definition) is 2. The van der Waals surface area contributed by atoms with Gasteiger partial charge in [0.1, 0.15) is 0 Å². The molecule has 1 aliphatic carbocycles. The molecule has 1 aromatic carbocycles. The monoisotopic (exact) mass is 315 g/mol. The number of hydrogen-bond donors (Lipinski definition) is 1. The van der Waals surface area contributed by atoms with Gasteiger partial charge in [-0.3, -0.25) is 9.59 Å². The van der Waals surface area contributed by atoms with Crippen molar-refractivity contribution in [1.82, 2.24) is 4.90 Å². The van der Waals surface area contributed by atoms with Gasteiger partial charge >= 0.3 is 5.97 Å². The van der Waals surface area contributed by atoms with Gasteiger partial charge in [0.15, 0.2) is 0 Å². The van der Waals surface area contributed by atoms with E-state index in [0.717, 1.165) is 45.2 Å². The summed E-state index contributed by atoms with van der Waals surface area (Å²) in [5.74, 6) is -0.160. The first-order valence-electron chi connectivity index (χ1n) is 8.73. The Bertz CT molecular complexity index is 584. The van der Waals surface area contributed by atoms with Crippen LogP contribution in [0.1, 0.15) is 55.6 Å². The number of carbonyl (C=O) groups is 2. The third-order valence-electron chi connectivity index (χ3n) is 5.26. The normalized spacial score (nSPS) is 24.1. The molecule has 1 fully saturated rings. The zero-order chi connectivity index (χ0) is 16.2. The van der Waals surface area contributed by atoms with Crippen LogP contribution in [0, 0.1) is 5.92 Å². The van der Waals surface area contributed by atoms with Crippen LogP contribution in [-0.2, 0) is 16.0 Å². The third-order valence-corrected chi connectivity index (χ3v) is 5.26. The number of amides is 1. The average molecular weight is 315 g/mol. The number of nitrogens with zero attached hydrogens (tertiary/aromatic N) is 1. The molecule has 1 N–H and O–H groups in total. The lowest BCUT2D eigenvalue weighted by Crippen LogP contribution is -2.43. The molecule has 124 valence electrons. The minimum Gasteiger partial charge on any atom is -0.481 e. The van der Waals surface area contributed by atoms with E-state index in [4.69, 9.17) is 5.11 Å². The smallest absolute Gasteiger partial charge is 0.303 e. The summed E-state index contributed by atoms with van der Waals surface area (Å²) in [5, 5.41) is 8.85. The van der Waals surface area contributed by atoms with Gasteiger partial charge in [0.25, 0.3) is 0 Å². The molecule has 1 aromatic rings. The molecular formula is C19H25NO3. The summed E-state index contributed by atoms with van der Waals surface area (Å²) in [7, 11) is 0. The van der Waals surface area contributed by atoms with E-state index in [-0.39, 0.29) is 18.2 Å². The molecule has 0 bridgehead atoms. The molecule has 4 heteroatoms. The zero-order valence-electron chi connectivity index (χ0n) is 13.5. The first-order valence-corrected chi connectivity index (χ1v) is 8.73. The molecule has 1 heterocycles. The lowest BCUT2D eigenvalue weighted by Gasteiger charge is -2.36. The fourth-order valence-corrected chi connectivity index (χ4v) is 4.06. The minimum atomic E-state index is -0.741. The van der Waals surface area contributed by atoms with E-state index in [1.807, 2.05) is 11.0 Å². The number of fused-ring (bicyclic) bond motifs is 1. The van der Waals surface area contributed by atoms with Gasteiger partial charge < -0.3 is 10.0 Å². The Morgan fingerprint density at radius 3 is 2.83 bits per heavy atom. The summed E-state index contributed by atoms with van der Waals surface area (Å²) < 4.78 is 0. The third kappa shape index (κ3) is 3.74. The Labute approximate surface area is 137 Å². The van der Waals surface area contributed by atoms with E-state index < -0.39 is 5.97 Å². The lowest BCUT2D eigenvalue weighted by atomic mass is 9.81. The summed E-state index contributed by atoms with van der Waals surface area (Å²) in [4.78, 5) is 25.8. The molecule has 4 nitrogen and oxygen atoms in total. The van der Waals surface area contributed by atoms with Gasteiger partial charge in [-0.1, -0.05) is 24.3 Å². The van der Waals surface area contributed by atoms with Gasteiger partial charge in [-0.15, -0.1) is 0 Å². The van der Waals surface area contributed by atoms with Crippen LogP contribution in [0.2, 0.25) is 0 Å². The van der Waals surface area contributed by atoms with E-state index in [1.54, 1.807) is 0 Å². The van der Waals surface area contributed by atoms with Gasteiger partial charge in [0.05, 0.1) is 5.92 Å². The van der Waals surface area contributed by atoms with Crippen molar-refractivity contribution in [2.24, 2.45) is 5.92 Å². The second-order valence-electron chi connectivity index (χ2n) is 6.87. The highest BCUT2D eigenvalue weighted by Gasteiger charge is 2.32. The van der Waals surface area contributed by atoms with E-state index in [9.17, 15) is 9.59 Å². The van der Waals surface area contributed by atoms with Crippen molar-refractivity contribution in [3.8, 4) is 0 Å². The number of likely N-dealkylation sites (tertiary alicyclic amines) is 1. The highest BCUT2D eigenvalue weighted by atomic mass is 16.4. The van der Waals surface area contributed by atoms with Crippen molar-refractivity contribution in [2.75, 3.05) is 13.1 Å². The molecule has 2 atom stereocenters. The molecule has 23 heavy (non-hydrogen) atoms. The van der Waals surface area contributed by atoms with Crippen LogP contribution >= 0.6 is 0 Å². The Morgan fingerprint density at radius 2 is 2.00 bits per heavy atom. The van der Waals surface area contributed by atoms with E-state index >= 15 is 0 Å². The van der Waals surface area contributed by atoms with Gasteiger partial charge in [0.2, 0.25) is 5.91 Å². The number of carbonyl (C=O) groups excluding carboxylic acids is 1. The Balaban J connectivity index is 1.67. The Kier molecular flexibility index (Phi) is 4.99. The second-order valence-corrected chi connectivity index (χ2v) is 6.87. The number of carboxylic acids is 1. The van der Waals surface area contributed by atoms with Gasteiger partial charge in [-0.05, 0) is 55.6 Å². The SMILES string of the molecule is O=C(O)CC[C@@H]1CCCN(C(=O)[C@H]2CCCc3ccccc32)C1. The first kappa shape index (κ1) is 16.0. The molecule has 1 amide bonds. The predicted molar refractivity (Wildman–Crippen MR) is 88.3 cm³/mol. The van der Waals surface area contributed by atoms with Crippen molar-refractivity contribution in [3.63, 3.8) is 0 Å². The standard InChI is InChI=1S/C19H25NO3/c21-18(22)11-10-14-5-4-12-20(13-14)19(23)17-9-3-7-15-6-1-2-8-16(15)17/h1-2,6,8,14,17H,3-5,7,9-13H2,(H,21,22)/t14-,17-/m0/s1. The number of benzene rings is 1. The van der Waals surface area contributed by atoms with Crippen molar-refractivity contribution in [1.29, 1.82) is 0 Å². The molecule has 0 spiro atoms. The summed E-state index contributed by atoms with van der Waals surface area (Å²) in [6.07, 6.45) is 6.00. The van der Waals surface area contributed by atoms with Crippen molar-refractivity contribution in [2.45, 2.75) is 50.9 Å². The van der Waals surface area contributed by atoms with Crippen molar-refractivity contribution in [3.05, 3.63) is 35.4 Å². The highest BCUT2D eigenvalue weighted by Crippen LogP contribution is 2.34. The maximum absolute atomic E-state index is 13.0. The highest BCUT2D eigenvalue weighted by molar-refractivity contribution is 5.84. The summed E-state index contributed by atoms with van der Waals surface area (Å²) in [6, 6.07) is 8.31. The number of piperidine rings is 1. The quantitative estimate of drug-likeness (QED) is 0.928. The fourth-order valence-electron chi connectivity index (χ4n) is 4.06. The van der Waals surface area contributed by atoms with E-state index in [2.05, 4.69) is 18.2 Å². The summed E-state index contributed by atoms with van der Waals surface area (Å²) >= 11 is 0. The zero-order valence-corrected chi connectivity index (χ0v) is 13.5. The van der Waals surface area contributed by atoms with Crippen LogP contribution in [0.4, 0.5) is 0 Å². The molecule has 1 saturated heterocycles. The van der Waals surface area contributed by atoms with Crippen molar-refractivity contribution >= 4 is 11.9 Å². The minimum absolute atomic E-state index is 0.00169. The van der Waals surface area contributed by atoms with Crippen LogP contribution in [0.3, 0.4) is 0 Å². The molecule has 0 saturated carbocycles. The number of carboxylic acid groups (broad SMARTS) is 1. The largest absolute Gasteiger partial charge is 0.481 e. The maximum Gasteiger partial charge on any atom is 0.303 e. The second kappa shape index (κ2) is 7.16. The van der Waals surface area contributed by atoms with Crippen LogP contribution in [0.15, 0.2) is 24.3 Å². The summed E-state index contributed by atoms with van der Waals surface area (Å²) in [6.45, 7) is 1.55. The maximum atomic E-state index is 13.0. The predicted octanol–water partition coefficient (Wildman–Crippen LogP) is 3.21. The molecule has 0 radical (unpaired) electrons. The van der Waals surface area contributed by atoms with E-state index in [0.29, 0.717) is 12.3 Å². The number of rotatable bonds is 4. The molecule has 0 unspecified atom stereocenters. The van der Waals surface area contributed by atoms with E-state index in [1.165, 1.54) is 11.1 Å². The summed E-state index contributed by atoms with van der Waals surface area (Å²) in [5.41, 5.74) is 2.52. The van der Waals surface area contributed by atoms with Gasteiger partial charge in [-0.25, -0.2) is 0 Å². The molecule has 1 aliphatic heterocycles. The molecule has 2 aliphatic rings. The van der Waals surface area contributed by atoms with Gasteiger partial charge in [0, 0.05) is 19.5 Å². The van der Waals surface area contributed by atoms with Crippen LogP contribution in [0.25, 0.3) is 0 Å². The number of aliphatic carboxylic acids is 1. The molecular weight excluding hydrogens is 290 g/mol. The Hall–Kier alpha value is -1.84. The Morgan fingerprint density at radius 1 is 1.17 bits per heavy atom. The van der Waals surface area contributed by atoms with Crippen LogP contribution in [-0.4, -0.2) is 35.0 Å². The lowest BCUT2D eigenvalue weighted by molar-refractivity contribution is -0.137. The first-order chi connectivity index (χ1) is 11.1. The fraction of sp³-hybridized carbons (Fsp3) is 0.579. The van der Waals surface area contributed by atoms with Crippen LogP contribution < -0.4 is 0 Å². The topological polar surface area (TPSA) is 57.6 Å². The number of aryl methyl sites for hydroxylation is 1. The van der Waals surface area contributed by atoms with Crippen molar-refractivity contribution < 1.29 is 14.7 Å². The average Bonchev–Trinajstić information content (AvgIpc) is 2.59. The van der Waals surface area contributed by atoms with Gasteiger partial charge in [-0.2, -0.15) is 0 Å². The molecule has 3 rings (SSSR count).